The van der Waals surface area contributed by atoms with E-state index in [4.69, 9.17) is 5.73 Å². The molecule has 11 nitrogen and oxygen atoms in total. The van der Waals surface area contributed by atoms with Crippen molar-refractivity contribution in [1.82, 2.24) is 16.0 Å². The lowest BCUT2D eigenvalue weighted by atomic mass is 9.92. The molecule has 1 aromatic carbocycles. The summed E-state index contributed by atoms with van der Waals surface area (Å²) in [5, 5.41) is 29.9. The van der Waals surface area contributed by atoms with Gasteiger partial charge in [0.2, 0.25) is 7.58 Å². The Kier molecular flexibility index (Phi) is 12.5. The number of amides is 3. The van der Waals surface area contributed by atoms with Gasteiger partial charge in [0.15, 0.2) is 11.3 Å². The molecule has 0 aliphatic rings. The Morgan fingerprint density at radius 1 is 1.09 bits per heavy atom. The minimum Gasteiger partial charge on any atom is -0.465 e. The number of halogens is 4. The van der Waals surface area contributed by atoms with Crippen LogP contribution in [0.3, 0.4) is 0 Å². The smallest absolute Gasteiger partial charge is 0.406 e. The Balaban J connectivity index is 3.68. The molecular weight excluding hydrogens is 902 g/mol. The molecule has 1 aromatic rings. The predicted molar refractivity (Wildman–Crippen MR) is 162 cm³/mol. The third kappa shape index (κ3) is 8.13. The quantitative estimate of drug-likeness (QED) is 0.0683. The second-order valence-electron chi connectivity index (χ2n) is 7.66. The van der Waals surface area contributed by atoms with Crippen LogP contribution in [-0.4, -0.2) is 55.1 Å². The number of rotatable bonds is 13. The molecule has 8 N–H and O–H groups in total. The zero-order valence-electron chi connectivity index (χ0n) is 18.1. The zero-order chi connectivity index (χ0) is 26.3. The highest BCUT2D eigenvalue weighted by Crippen LogP contribution is 2.38. The Hall–Kier alpha value is -0.260. The lowest BCUT2D eigenvalue weighted by Gasteiger charge is -2.49. The molecule has 34 heavy (non-hydrogen) atoms. The Labute approximate surface area is 251 Å². The maximum absolute atomic E-state index is 13.3. The summed E-state index contributed by atoms with van der Waals surface area (Å²) in [6, 6.07) is 5.90. The largest absolute Gasteiger partial charge is 0.465 e. The minimum atomic E-state index is -1.89. The van der Waals surface area contributed by atoms with Crippen molar-refractivity contribution < 1.29 is 29.4 Å². The van der Waals surface area contributed by atoms with Crippen LogP contribution in [0.1, 0.15) is 25.8 Å². The normalized spacial score (nSPS) is 15.9. The number of hydrogen-bond acceptors (Lipinski definition) is 7. The number of alkyl halides is 2. The first kappa shape index (κ1) is 31.8. The number of carboxylic acid groups (broad SMARTS) is 1. The molecule has 0 fully saturated rings. The van der Waals surface area contributed by atoms with Crippen molar-refractivity contribution in [1.29, 1.82) is 0 Å². The van der Waals surface area contributed by atoms with Gasteiger partial charge in [-0.05, 0) is 38.0 Å². The monoisotopic (exact) mass is 927 g/mol. The van der Waals surface area contributed by atoms with Crippen molar-refractivity contribution in [3.05, 3.63) is 29.8 Å². The molecule has 190 valence electrons. The molecule has 15 heteroatoms. The summed E-state index contributed by atoms with van der Waals surface area (Å²) in [6.07, 6.45) is -1.21. The second-order valence-corrected chi connectivity index (χ2v) is 13.8. The first-order chi connectivity index (χ1) is 15.6. The van der Waals surface area contributed by atoms with E-state index in [1.165, 1.54) is 22.6 Å². The third-order valence-electron chi connectivity index (χ3n) is 4.82. The van der Waals surface area contributed by atoms with Crippen molar-refractivity contribution >= 4 is 116 Å². The van der Waals surface area contributed by atoms with E-state index in [1.54, 1.807) is 60.7 Å². The van der Waals surface area contributed by atoms with Gasteiger partial charge in [-0.25, -0.2) is 9.59 Å². The van der Waals surface area contributed by atoms with Crippen LogP contribution in [0.4, 0.5) is 15.3 Å². The number of hydrogen-bond donors (Lipinski definition) is 7. The molecule has 0 heterocycles. The number of carbonyl (C=O) groups is 4. The molecule has 0 saturated carbocycles. The molecule has 0 aliphatic heterocycles. The van der Waals surface area contributed by atoms with Gasteiger partial charge in [0.25, 0.3) is 0 Å². The van der Waals surface area contributed by atoms with E-state index in [9.17, 15) is 29.4 Å². The van der Waals surface area contributed by atoms with E-state index in [-0.39, 0.29) is 19.6 Å². The highest BCUT2D eigenvalue weighted by Gasteiger charge is 2.58. The molecule has 0 spiro atoms. The van der Waals surface area contributed by atoms with Gasteiger partial charge in [0, 0.05) is 57.4 Å². The minimum absolute atomic E-state index is 0.132. The average molecular weight is 927 g/mol. The topological polar surface area (TPSA) is 183 Å². The molecule has 0 saturated heterocycles. The van der Waals surface area contributed by atoms with E-state index in [0.29, 0.717) is 11.3 Å². The average Bonchev–Trinajstić information content (AvgIpc) is 2.71. The van der Waals surface area contributed by atoms with Crippen LogP contribution >= 0.6 is 90.4 Å². The second kappa shape index (κ2) is 13.3. The molecule has 1 rings (SSSR count). The van der Waals surface area contributed by atoms with Crippen LogP contribution in [0.5, 0.6) is 0 Å². The number of carbonyl (C=O) groups excluding carboxylic acids is 3. The molecule has 3 atom stereocenters. The molecular formula is C19H25I4N5O6. The fourth-order valence-electron chi connectivity index (χ4n) is 2.99. The summed E-state index contributed by atoms with van der Waals surface area (Å²) in [5.74, 6) is 0. The molecule has 3 unspecified atom stereocenters. The number of aliphatic hydroxyl groups excluding tert-OH is 1. The summed E-state index contributed by atoms with van der Waals surface area (Å²) < 4.78 is -2.68. The van der Waals surface area contributed by atoms with E-state index in [1.807, 2.05) is 45.2 Å². The first-order valence-corrected chi connectivity index (χ1v) is 14.1. The molecule has 0 aliphatic carbocycles. The van der Waals surface area contributed by atoms with E-state index < -0.39 is 38.4 Å². The summed E-state index contributed by atoms with van der Waals surface area (Å²) in [4.78, 5) is 49.1. The summed E-state index contributed by atoms with van der Waals surface area (Å²) >= 11 is 7.05. The standard InChI is InChI=1S/C19H25I4N5O6/c1-17(2,23)19(14(22)31,27-16(33)34)28-18(13(21)30,12(20)7-8-25-15(24)32)26-11-5-3-10(9-29)4-6-11/h3-6,12,26-29H,7-9H2,1-2H3,(H,33,34)(H3,24,25,32). The number of nitrogens with two attached hydrogens (primary N) is 1. The van der Waals surface area contributed by atoms with E-state index in [0.717, 1.165) is 0 Å². The Morgan fingerprint density at radius 3 is 2.03 bits per heavy atom. The van der Waals surface area contributed by atoms with Crippen LogP contribution in [0.2, 0.25) is 0 Å². The number of anilines is 1. The summed E-state index contributed by atoms with van der Waals surface area (Å²) in [5.41, 5.74) is 2.73. The zero-order valence-corrected chi connectivity index (χ0v) is 26.8. The Bertz CT molecular complexity index is 913. The molecule has 3 amide bonds. The van der Waals surface area contributed by atoms with Crippen LogP contribution in [0.25, 0.3) is 0 Å². The van der Waals surface area contributed by atoms with Gasteiger partial charge in [-0.2, -0.15) is 0 Å². The maximum atomic E-state index is 13.3. The van der Waals surface area contributed by atoms with Crippen molar-refractivity contribution in [2.45, 2.75) is 45.5 Å². The van der Waals surface area contributed by atoms with Gasteiger partial charge in [-0.15, -0.1) is 0 Å². The van der Waals surface area contributed by atoms with Crippen molar-refractivity contribution in [3.8, 4) is 0 Å². The van der Waals surface area contributed by atoms with E-state index >= 15 is 0 Å². The van der Waals surface area contributed by atoms with Gasteiger partial charge >= 0.3 is 12.1 Å². The first-order valence-electron chi connectivity index (χ1n) is 9.66. The van der Waals surface area contributed by atoms with Crippen LogP contribution < -0.4 is 27.0 Å². The molecule has 0 radical (unpaired) electrons. The van der Waals surface area contributed by atoms with Crippen LogP contribution in [-0.2, 0) is 16.2 Å². The fourth-order valence-corrected chi connectivity index (χ4v) is 7.11. The summed E-state index contributed by atoms with van der Waals surface area (Å²) in [7, 11) is 0. The van der Waals surface area contributed by atoms with Crippen molar-refractivity contribution in [2.24, 2.45) is 5.73 Å². The van der Waals surface area contributed by atoms with E-state index in [2.05, 4.69) is 21.3 Å². The predicted octanol–water partition coefficient (Wildman–Crippen LogP) is 2.84. The van der Waals surface area contributed by atoms with Crippen molar-refractivity contribution in [3.63, 3.8) is 0 Å². The highest BCUT2D eigenvalue weighted by molar-refractivity contribution is 14.1. The van der Waals surface area contributed by atoms with Gasteiger partial charge in [0.05, 0.1) is 14.0 Å². The lowest BCUT2D eigenvalue weighted by molar-refractivity contribution is -0.120. The van der Waals surface area contributed by atoms with Gasteiger partial charge in [-0.3, -0.25) is 20.2 Å². The lowest BCUT2D eigenvalue weighted by Crippen LogP contribution is -2.80. The number of nitrogens with one attached hydrogen (secondary N) is 4. The van der Waals surface area contributed by atoms with Crippen molar-refractivity contribution in [2.75, 3.05) is 11.9 Å². The van der Waals surface area contributed by atoms with Gasteiger partial charge in [-0.1, -0.05) is 57.3 Å². The number of urea groups is 1. The third-order valence-corrected chi connectivity index (χ3v) is 8.85. The van der Waals surface area contributed by atoms with Gasteiger partial charge < -0.3 is 26.6 Å². The maximum Gasteiger partial charge on any atom is 0.406 e. The SMILES string of the molecule is CC(C)(I)C(NC(=O)O)(NC(Nc1ccc(CO)cc1)(C(=O)I)C(I)CCNC(N)=O)C(=O)I. The number of benzene rings is 1. The molecule has 0 bridgehead atoms. The van der Waals surface area contributed by atoms with Gasteiger partial charge in [0.1, 0.15) is 0 Å². The number of primary amides is 1. The highest BCUT2D eigenvalue weighted by atomic mass is 127. The van der Waals surface area contributed by atoms with Crippen LogP contribution in [0.15, 0.2) is 24.3 Å². The molecule has 0 aromatic heterocycles. The van der Waals surface area contributed by atoms with Crippen LogP contribution in [0, 0.1) is 0 Å². The fraction of sp³-hybridized carbons (Fsp3) is 0.474. The number of aliphatic hydroxyl groups is 1. The Morgan fingerprint density at radius 2 is 1.65 bits per heavy atom. The summed E-state index contributed by atoms with van der Waals surface area (Å²) in [6.45, 7) is 3.28.